The molecule has 2 amide bonds. The van der Waals surface area contributed by atoms with Gasteiger partial charge in [-0.3, -0.25) is 14.6 Å². The number of amides is 2. The minimum absolute atomic E-state index is 0.171. The van der Waals surface area contributed by atoms with E-state index in [1.807, 2.05) is 0 Å². The lowest BCUT2D eigenvalue weighted by atomic mass is 9.91. The van der Waals surface area contributed by atoms with E-state index in [1.165, 1.54) is 7.05 Å². The number of nitrogens with one attached hydrogen (secondary N) is 2. The number of hydrogen-bond donors (Lipinski definition) is 3. The molecule has 28 heavy (non-hydrogen) atoms. The highest BCUT2D eigenvalue weighted by atomic mass is 19.1. The number of nitrogens with two attached hydrogens (primary N) is 1. The molecule has 3 rings (SSSR count). The molecular weight excluding hydrogens is 371 g/mol. The van der Waals surface area contributed by atoms with E-state index >= 15 is 0 Å². The fourth-order valence-electron chi connectivity index (χ4n) is 3.47. The lowest BCUT2D eigenvalue weighted by Crippen LogP contribution is -2.33. The number of nitrogens with zero attached hydrogens (tertiary/aromatic N) is 3. The second-order valence-corrected chi connectivity index (χ2v) is 7.44. The first-order valence-electron chi connectivity index (χ1n) is 8.79. The maximum absolute atomic E-state index is 13.6. The van der Waals surface area contributed by atoms with Crippen molar-refractivity contribution in [3.8, 4) is 0 Å². The van der Waals surface area contributed by atoms with Gasteiger partial charge in [0.1, 0.15) is 5.60 Å². The van der Waals surface area contributed by atoms with Gasteiger partial charge in [0.05, 0.1) is 24.6 Å². The summed E-state index contributed by atoms with van der Waals surface area (Å²) in [4.78, 5) is 23.2. The summed E-state index contributed by atoms with van der Waals surface area (Å²) in [7, 11) is 1.48. The molecule has 2 atom stereocenters. The Morgan fingerprint density at radius 3 is 2.93 bits per heavy atom. The number of primary amides is 1. The van der Waals surface area contributed by atoms with Gasteiger partial charge in [0.25, 0.3) is 5.91 Å². The fraction of sp³-hybridized carbons (Fsp3) is 0.529. The first-order chi connectivity index (χ1) is 13.1. The van der Waals surface area contributed by atoms with Gasteiger partial charge in [-0.1, -0.05) is 0 Å². The third-order valence-electron chi connectivity index (χ3n) is 4.53. The summed E-state index contributed by atoms with van der Waals surface area (Å²) in [6.07, 6.45) is 1.22. The van der Waals surface area contributed by atoms with Gasteiger partial charge >= 0.3 is 6.09 Å². The molecule has 0 aliphatic carbocycles. The first-order valence-corrected chi connectivity index (χ1v) is 8.79. The molecule has 152 valence electrons. The standard InChI is InChI=1S/C17H23FN6O4/c1-17(2,28-16(19)26)6-9-4-12(27-8-9)11-5-13(23-22-11)21-15(25)14-10(18)7-20-24(14)3/h5,7,9,12H,4,6,8H2,1-3H3,(H2,19,26)(H2,21,22,23,25)/t9-,12-/m1/s1. The van der Waals surface area contributed by atoms with Gasteiger partial charge in [0.15, 0.2) is 17.3 Å². The zero-order chi connectivity index (χ0) is 20.5. The number of hydrogen-bond acceptors (Lipinski definition) is 6. The van der Waals surface area contributed by atoms with Crippen LogP contribution in [0, 0.1) is 11.7 Å². The Kier molecular flexibility index (Phi) is 5.36. The number of aromatic nitrogens is 4. The molecule has 1 aliphatic heterocycles. The van der Waals surface area contributed by atoms with Crippen molar-refractivity contribution >= 4 is 17.8 Å². The van der Waals surface area contributed by atoms with Crippen LogP contribution in [0.3, 0.4) is 0 Å². The van der Waals surface area contributed by atoms with Crippen LogP contribution >= 0.6 is 0 Å². The number of H-pyrrole nitrogens is 1. The van der Waals surface area contributed by atoms with Crippen LogP contribution in [0.15, 0.2) is 12.3 Å². The molecule has 10 nitrogen and oxygen atoms in total. The minimum atomic E-state index is -0.806. The Hall–Kier alpha value is -2.95. The summed E-state index contributed by atoms with van der Waals surface area (Å²) >= 11 is 0. The maximum atomic E-state index is 13.6. The molecule has 11 heteroatoms. The lowest BCUT2D eigenvalue weighted by Gasteiger charge is -2.26. The van der Waals surface area contributed by atoms with E-state index in [2.05, 4.69) is 20.6 Å². The second kappa shape index (κ2) is 7.58. The normalized spacial score (nSPS) is 19.6. The van der Waals surface area contributed by atoms with Gasteiger partial charge in [-0.05, 0) is 32.6 Å². The molecular formula is C17H23FN6O4. The summed E-state index contributed by atoms with van der Waals surface area (Å²) in [6, 6.07) is 1.64. The molecule has 0 spiro atoms. The Balaban J connectivity index is 1.59. The van der Waals surface area contributed by atoms with E-state index in [0.29, 0.717) is 25.1 Å². The molecule has 1 aliphatic rings. The molecule has 0 saturated carbocycles. The van der Waals surface area contributed by atoms with Gasteiger partial charge in [0.2, 0.25) is 0 Å². The molecule has 0 radical (unpaired) electrons. The number of halogens is 1. The van der Waals surface area contributed by atoms with Gasteiger partial charge in [-0.2, -0.15) is 10.2 Å². The molecule has 2 aromatic heterocycles. The van der Waals surface area contributed by atoms with Crippen molar-refractivity contribution in [2.75, 3.05) is 11.9 Å². The Labute approximate surface area is 160 Å². The Morgan fingerprint density at radius 1 is 1.54 bits per heavy atom. The highest BCUT2D eigenvalue weighted by Gasteiger charge is 2.34. The van der Waals surface area contributed by atoms with Crippen LogP contribution in [0.4, 0.5) is 15.0 Å². The first kappa shape index (κ1) is 19.8. The zero-order valence-electron chi connectivity index (χ0n) is 15.9. The summed E-state index contributed by atoms with van der Waals surface area (Å²) in [6.45, 7) is 4.09. The topological polar surface area (TPSA) is 137 Å². The van der Waals surface area contributed by atoms with Gasteiger partial charge in [-0.25, -0.2) is 9.18 Å². The highest BCUT2D eigenvalue weighted by molar-refractivity contribution is 6.02. The Bertz CT molecular complexity index is 857. The lowest BCUT2D eigenvalue weighted by molar-refractivity contribution is 0.0240. The number of carbonyl (C=O) groups is 2. The molecule has 1 fully saturated rings. The average Bonchev–Trinajstić information content (AvgIpc) is 3.27. The van der Waals surface area contributed by atoms with Gasteiger partial charge in [0, 0.05) is 13.1 Å². The molecule has 3 heterocycles. The van der Waals surface area contributed by atoms with Crippen LogP contribution in [-0.2, 0) is 16.5 Å². The predicted molar refractivity (Wildman–Crippen MR) is 95.9 cm³/mol. The highest BCUT2D eigenvalue weighted by Crippen LogP contribution is 2.36. The van der Waals surface area contributed by atoms with Crippen molar-refractivity contribution in [2.45, 2.75) is 38.4 Å². The number of anilines is 1. The SMILES string of the molecule is Cn1ncc(F)c1C(=O)Nc1cc([C@H]2C[C@H](CC(C)(C)OC(N)=O)CO2)[nH]n1. The van der Waals surface area contributed by atoms with Gasteiger partial charge < -0.3 is 20.5 Å². The molecule has 0 bridgehead atoms. The summed E-state index contributed by atoms with van der Waals surface area (Å²) in [5, 5.41) is 13.1. The van der Waals surface area contributed by atoms with E-state index in [0.717, 1.165) is 10.9 Å². The summed E-state index contributed by atoms with van der Waals surface area (Å²) in [5.41, 5.74) is 4.92. The van der Waals surface area contributed by atoms with Crippen LogP contribution in [0.25, 0.3) is 0 Å². The molecule has 0 unspecified atom stereocenters. The Morgan fingerprint density at radius 2 is 2.29 bits per heavy atom. The summed E-state index contributed by atoms with van der Waals surface area (Å²) < 4.78 is 25.7. The number of ether oxygens (including phenoxy) is 2. The van der Waals surface area contributed by atoms with Crippen molar-refractivity contribution in [3.05, 3.63) is 29.5 Å². The molecule has 0 aromatic carbocycles. The zero-order valence-corrected chi connectivity index (χ0v) is 15.9. The van der Waals surface area contributed by atoms with E-state index < -0.39 is 23.4 Å². The van der Waals surface area contributed by atoms with E-state index in [1.54, 1.807) is 19.9 Å². The van der Waals surface area contributed by atoms with E-state index in [4.69, 9.17) is 15.2 Å². The fourth-order valence-corrected chi connectivity index (χ4v) is 3.47. The summed E-state index contributed by atoms with van der Waals surface area (Å²) in [5.74, 6) is -0.932. The average molecular weight is 394 g/mol. The number of carbonyl (C=O) groups excluding carboxylic acids is 2. The van der Waals surface area contributed by atoms with Crippen molar-refractivity contribution in [3.63, 3.8) is 0 Å². The van der Waals surface area contributed by atoms with Crippen LogP contribution in [0.5, 0.6) is 0 Å². The number of aromatic amines is 1. The van der Waals surface area contributed by atoms with E-state index in [9.17, 15) is 14.0 Å². The molecule has 1 saturated heterocycles. The minimum Gasteiger partial charge on any atom is -0.444 e. The van der Waals surface area contributed by atoms with Crippen molar-refractivity contribution < 1.29 is 23.5 Å². The predicted octanol–water partition coefficient (Wildman–Crippen LogP) is 1.88. The quantitative estimate of drug-likeness (QED) is 0.684. The second-order valence-electron chi connectivity index (χ2n) is 7.44. The van der Waals surface area contributed by atoms with Crippen LogP contribution in [0.1, 0.15) is 49.0 Å². The smallest absolute Gasteiger partial charge is 0.405 e. The number of rotatable bonds is 6. The van der Waals surface area contributed by atoms with Crippen LogP contribution in [0.2, 0.25) is 0 Å². The third kappa shape index (κ3) is 4.47. The van der Waals surface area contributed by atoms with Gasteiger partial charge in [-0.15, -0.1) is 0 Å². The van der Waals surface area contributed by atoms with E-state index in [-0.39, 0.29) is 23.5 Å². The largest absolute Gasteiger partial charge is 0.444 e. The molecule has 2 aromatic rings. The van der Waals surface area contributed by atoms with Crippen LogP contribution in [-0.4, -0.2) is 44.2 Å². The number of aryl methyl sites for hydroxylation is 1. The monoisotopic (exact) mass is 394 g/mol. The maximum Gasteiger partial charge on any atom is 0.405 e. The van der Waals surface area contributed by atoms with Crippen LogP contribution < -0.4 is 11.1 Å². The molecule has 4 N–H and O–H groups in total. The van der Waals surface area contributed by atoms with Crippen molar-refractivity contribution in [1.29, 1.82) is 0 Å². The third-order valence-corrected chi connectivity index (χ3v) is 4.53. The van der Waals surface area contributed by atoms with Crippen molar-refractivity contribution in [2.24, 2.45) is 18.7 Å². The van der Waals surface area contributed by atoms with Crippen molar-refractivity contribution in [1.82, 2.24) is 20.0 Å².